The molecule has 0 unspecified atom stereocenters. The average molecular weight is 414 g/mol. The monoisotopic (exact) mass is 413 g/mol. The van der Waals surface area contributed by atoms with E-state index >= 15 is 0 Å². The first kappa shape index (κ1) is 19.9. The van der Waals surface area contributed by atoms with Crippen LogP contribution in [-0.4, -0.2) is 25.4 Å². The number of amides is 2. The SMILES string of the molecule is CCN(C)c1cccc(NC(=O)c2ccc(Cl)c(NC(=O)c3cccs3)c2)c1. The van der Waals surface area contributed by atoms with Crippen molar-refractivity contribution in [2.75, 3.05) is 29.1 Å². The number of nitrogens with zero attached hydrogens (tertiary/aromatic N) is 1. The van der Waals surface area contributed by atoms with Gasteiger partial charge >= 0.3 is 0 Å². The third-order valence-corrected chi connectivity index (χ3v) is 5.44. The van der Waals surface area contributed by atoms with Crippen molar-refractivity contribution >= 4 is 51.8 Å². The average Bonchev–Trinajstić information content (AvgIpc) is 3.24. The molecule has 0 aliphatic rings. The van der Waals surface area contributed by atoms with Crippen molar-refractivity contribution in [2.45, 2.75) is 6.92 Å². The number of rotatable bonds is 6. The van der Waals surface area contributed by atoms with Crippen molar-refractivity contribution in [3.63, 3.8) is 0 Å². The molecule has 1 heterocycles. The summed E-state index contributed by atoms with van der Waals surface area (Å²) in [7, 11) is 1.99. The number of nitrogens with one attached hydrogen (secondary N) is 2. The number of hydrogen-bond acceptors (Lipinski definition) is 4. The van der Waals surface area contributed by atoms with Gasteiger partial charge in [0, 0.05) is 30.5 Å². The van der Waals surface area contributed by atoms with Crippen LogP contribution in [0.3, 0.4) is 0 Å². The lowest BCUT2D eigenvalue weighted by Crippen LogP contribution is -2.17. The fraction of sp³-hybridized carbons (Fsp3) is 0.143. The maximum Gasteiger partial charge on any atom is 0.265 e. The molecule has 2 aromatic carbocycles. The fourth-order valence-corrected chi connectivity index (χ4v) is 3.34. The number of carbonyl (C=O) groups excluding carboxylic acids is 2. The predicted molar refractivity (Wildman–Crippen MR) is 117 cm³/mol. The van der Waals surface area contributed by atoms with Crippen molar-refractivity contribution < 1.29 is 9.59 Å². The molecule has 0 radical (unpaired) electrons. The normalized spacial score (nSPS) is 10.4. The van der Waals surface area contributed by atoms with Crippen molar-refractivity contribution in [1.29, 1.82) is 0 Å². The molecule has 144 valence electrons. The van der Waals surface area contributed by atoms with Crippen molar-refractivity contribution in [3.05, 3.63) is 75.4 Å². The quantitative estimate of drug-likeness (QED) is 0.571. The Morgan fingerprint density at radius 3 is 2.57 bits per heavy atom. The van der Waals surface area contributed by atoms with Crippen molar-refractivity contribution in [1.82, 2.24) is 0 Å². The maximum absolute atomic E-state index is 12.7. The van der Waals surface area contributed by atoms with Crippen LogP contribution in [0.15, 0.2) is 60.0 Å². The second-order valence-electron chi connectivity index (χ2n) is 6.14. The van der Waals surface area contributed by atoms with Crippen molar-refractivity contribution in [2.24, 2.45) is 0 Å². The maximum atomic E-state index is 12.7. The number of thiophene rings is 1. The molecular weight excluding hydrogens is 394 g/mol. The van der Waals surface area contributed by atoms with Crippen LogP contribution in [0.1, 0.15) is 27.0 Å². The third kappa shape index (κ3) is 4.71. The van der Waals surface area contributed by atoms with Gasteiger partial charge in [0.1, 0.15) is 0 Å². The molecule has 0 spiro atoms. The molecule has 7 heteroatoms. The van der Waals surface area contributed by atoms with Gasteiger partial charge in [-0.25, -0.2) is 0 Å². The van der Waals surface area contributed by atoms with E-state index in [1.165, 1.54) is 11.3 Å². The van der Waals surface area contributed by atoms with E-state index in [0.717, 1.165) is 12.2 Å². The fourth-order valence-electron chi connectivity index (χ4n) is 2.56. The number of anilines is 3. The van der Waals surface area contributed by atoms with Crippen LogP contribution in [-0.2, 0) is 0 Å². The zero-order chi connectivity index (χ0) is 20.1. The van der Waals surface area contributed by atoms with E-state index in [2.05, 4.69) is 22.5 Å². The highest BCUT2D eigenvalue weighted by Crippen LogP contribution is 2.25. The van der Waals surface area contributed by atoms with Crippen LogP contribution >= 0.6 is 22.9 Å². The molecule has 2 amide bonds. The zero-order valence-electron chi connectivity index (χ0n) is 15.5. The van der Waals surface area contributed by atoms with Crippen LogP contribution in [0.25, 0.3) is 0 Å². The minimum absolute atomic E-state index is 0.259. The second-order valence-corrected chi connectivity index (χ2v) is 7.50. The lowest BCUT2D eigenvalue weighted by atomic mass is 10.1. The van der Waals surface area contributed by atoms with Gasteiger partial charge < -0.3 is 15.5 Å². The Labute approximate surface area is 172 Å². The highest BCUT2D eigenvalue weighted by Gasteiger charge is 2.13. The third-order valence-electron chi connectivity index (χ3n) is 4.24. The van der Waals surface area contributed by atoms with Crippen LogP contribution in [0.2, 0.25) is 5.02 Å². The zero-order valence-corrected chi connectivity index (χ0v) is 17.1. The van der Waals surface area contributed by atoms with Gasteiger partial charge in [-0.05, 0) is 54.8 Å². The van der Waals surface area contributed by atoms with Crippen LogP contribution in [0.4, 0.5) is 17.1 Å². The molecule has 0 saturated carbocycles. The highest BCUT2D eigenvalue weighted by atomic mass is 35.5. The standard InChI is InChI=1S/C21H20ClN3O2S/c1-3-25(2)16-7-4-6-15(13-16)23-20(26)14-9-10-17(22)18(12-14)24-21(27)19-8-5-11-28-19/h4-13H,3H2,1-2H3,(H,23,26)(H,24,27). The van der Waals surface area contributed by atoms with Gasteiger partial charge in [0.25, 0.3) is 11.8 Å². The summed E-state index contributed by atoms with van der Waals surface area (Å²) in [5.41, 5.74) is 2.51. The number of hydrogen-bond donors (Lipinski definition) is 2. The topological polar surface area (TPSA) is 61.4 Å². The Morgan fingerprint density at radius 2 is 1.86 bits per heavy atom. The lowest BCUT2D eigenvalue weighted by molar-refractivity contribution is 0.101. The summed E-state index contributed by atoms with van der Waals surface area (Å²) >= 11 is 7.53. The molecule has 0 bridgehead atoms. The van der Waals surface area contributed by atoms with Gasteiger partial charge in [0.05, 0.1) is 15.6 Å². The first-order valence-corrected chi connectivity index (χ1v) is 10.0. The minimum Gasteiger partial charge on any atom is -0.375 e. The Bertz CT molecular complexity index is 989. The minimum atomic E-state index is -0.278. The summed E-state index contributed by atoms with van der Waals surface area (Å²) in [5.74, 6) is -0.538. The van der Waals surface area contributed by atoms with E-state index < -0.39 is 0 Å². The second kappa shape index (κ2) is 8.91. The summed E-state index contributed by atoms with van der Waals surface area (Å²) in [6.07, 6.45) is 0. The molecule has 2 N–H and O–H groups in total. The van der Waals surface area contributed by atoms with Crippen LogP contribution in [0, 0.1) is 0 Å². The van der Waals surface area contributed by atoms with E-state index in [1.807, 2.05) is 36.7 Å². The molecule has 5 nitrogen and oxygen atoms in total. The molecular formula is C21H20ClN3O2S. The molecule has 0 aliphatic heterocycles. The lowest BCUT2D eigenvalue weighted by Gasteiger charge is -2.17. The van der Waals surface area contributed by atoms with E-state index in [1.54, 1.807) is 30.3 Å². The summed E-state index contributed by atoms with van der Waals surface area (Å²) in [6, 6.07) is 16.0. The largest absolute Gasteiger partial charge is 0.375 e. The van der Waals surface area contributed by atoms with Crippen molar-refractivity contribution in [3.8, 4) is 0 Å². The highest BCUT2D eigenvalue weighted by molar-refractivity contribution is 7.12. The molecule has 0 atom stereocenters. The van der Waals surface area contributed by atoms with E-state index in [0.29, 0.717) is 26.8 Å². The Kier molecular flexibility index (Phi) is 6.34. The summed E-state index contributed by atoms with van der Waals surface area (Å²) < 4.78 is 0. The Morgan fingerprint density at radius 1 is 1.04 bits per heavy atom. The smallest absolute Gasteiger partial charge is 0.265 e. The van der Waals surface area contributed by atoms with E-state index in [-0.39, 0.29) is 11.8 Å². The molecule has 0 saturated heterocycles. The van der Waals surface area contributed by atoms with Gasteiger partial charge in [-0.3, -0.25) is 9.59 Å². The van der Waals surface area contributed by atoms with Gasteiger partial charge in [0.15, 0.2) is 0 Å². The molecule has 1 aromatic heterocycles. The summed E-state index contributed by atoms with van der Waals surface area (Å²) in [4.78, 5) is 27.6. The molecule has 3 aromatic rings. The van der Waals surface area contributed by atoms with E-state index in [9.17, 15) is 9.59 Å². The number of benzene rings is 2. The molecule has 3 rings (SSSR count). The predicted octanol–water partition coefficient (Wildman–Crippen LogP) is 5.36. The first-order valence-electron chi connectivity index (χ1n) is 8.75. The van der Waals surface area contributed by atoms with Gasteiger partial charge in [-0.15, -0.1) is 11.3 Å². The first-order chi connectivity index (χ1) is 13.5. The molecule has 28 heavy (non-hydrogen) atoms. The van der Waals surface area contributed by atoms with Gasteiger partial charge in [0.2, 0.25) is 0 Å². The van der Waals surface area contributed by atoms with Gasteiger partial charge in [-0.2, -0.15) is 0 Å². The summed E-state index contributed by atoms with van der Waals surface area (Å²) in [6.45, 7) is 2.92. The number of halogens is 1. The Balaban J connectivity index is 1.76. The van der Waals surface area contributed by atoms with E-state index in [4.69, 9.17) is 11.6 Å². The molecule has 0 aliphatic carbocycles. The van der Waals surface area contributed by atoms with Gasteiger partial charge in [-0.1, -0.05) is 23.7 Å². The van der Waals surface area contributed by atoms with Crippen LogP contribution < -0.4 is 15.5 Å². The Hall–Kier alpha value is -2.83. The van der Waals surface area contributed by atoms with Crippen LogP contribution in [0.5, 0.6) is 0 Å². The number of carbonyl (C=O) groups is 2. The summed E-state index contributed by atoms with van der Waals surface area (Å²) in [5, 5.41) is 7.83. The molecule has 0 fully saturated rings.